The zero-order valence-corrected chi connectivity index (χ0v) is 11.8. The van der Waals surface area contributed by atoms with Crippen LogP contribution in [0.1, 0.15) is 17.5 Å². The van der Waals surface area contributed by atoms with Crippen LogP contribution in [0.3, 0.4) is 0 Å². The second kappa shape index (κ2) is 5.70. The first-order valence-corrected chi connectivity index (χ1v) is 7.31. The van der Waals surface area contributed by atoms with E-state index in [9.17, 15) is 9.90 Å². The average Bonchev–Trinajstić information content (AvgIpc) is 3.04. The van der Waals surface area contributed by atoms with Crippen molar-refractivity contribution in [3.8, 4) is 0 Å². The number of hydrogen-bond acceptors (Lipinski definition) is 2. The third-order valence-electron chi connectivity index (χ3n) is 4.47. The quantitative estimate of drug-likeness (QED) is 0.906. The fourth-order valence-electron chi connectivity index (χ4n) is 3.49. The largest absolute Gasteiger partial charge is 0.480 e. The Morgan fingerprint density at radius 3 is 1.90 bits per heavy atom. The number of carboxylic acid groups (broad SMARTS) is 1. The van der Waals surface area contributed by atoms with Gasteiger partial charge in [-0.05, 0) is 36.6 Å². The van der Waals surface area contributed by atoms with Gasteiger partial charge in [-0.1, -0.05) is 60.7 Å². The van der Waals surface area contributed by atoms with Crippen molar-refractivity contribution in [2.24, 2.45) is 5.92 Å². The molecule has 0 bridgehead atoms. The van der Waals surface area contributed by atoms with E-state index in [0.717, 1.165) is 30.6 Å². The summed E-state index contributed by atoms with van der Waals surface area (Å²) in [6.45, 7) is 1.61. The minimum absolute atomic E-state index is 0.0554. The summed E-state index contributed by atoms with van der Waals surface area (Å²) in [5.74, 6) is -0.714. The summed E-state index contributed by atoms with van der Waals surface area (Å²) < 4.78 is 0. The summed E-state index contributed by atoms with van der Waals surface area (Å²) in [6.07, 6.45) is 0.871. The van der Waals surface area contributed by atoms with Gasteiger partial charge in [0.25, 0.3) is 0 Å². The van der Waals surface area contributed by atoms with Crippen molar-refractivity contribution < 1.29 is 9.90 Å². The fraction of sp³-hybridized carbons (Fsp3) is 0.278. The van der Waals surface area contributed by atoms with Crippen molar-refractivity contribution >= 4 is 5.97 Å². The Balaban J connectivity index is 2.24. The molecule has 21 heavy (non-hydrogen) atoms. The van der Waals surface area contributed by atoms with Crippen LogP contribution in [-0.4, -0.2) is 24.2 Å². The highest BCUT2D eigenvalue weighted by Gasteiger charge is 2.49. The zero-order valence-electron chi connectivity index (χ0n) is 11.8. The Kier molecular flexibility index (Phi) is 3.76. The molecule has 3 rings (SSSR count). The molecule has 1 heterocycles. The highest BCUT2D eigenvalue weighted by Crippen LogP contribution is 2.42. The molecule has 0 aromatic heterocycles. The molecule has 2 N–H and O–H groups in total. The van der Waals surface area contributed by atoms with E-state index < -0.39 is 11.4 Å². The summed E-state index contributed by atoms with van der Waals surface area (Å²) in [5, 5.41) is 13.5. The molecule has 0 amide bonds. The Bertz CT molecular complexity index is 564. The van der Waals surface area contributed by atoms with E-state index in [2.05, 4.69) is 5.32 Å². The molecule has 0 radical (unpaired) electrons. The first kappa shape index (κ1) is 13.8. The van der Waals surface area contributed by atoms with Gasteiger partial charge in [0.05, 0.1) is 0 Å². The molecule has 3 heteroatoms. The first-order chi connectivity index (χ1) is 10.3. The van der Waals surface area contributed by atoms with E-state index in [-0.39, 0.29) is 5.92 Å². The van der Waals surface area contributed by atoms with Crippen LogP contribution in [0, 0.1) is 5.92 Å². The lowest BCUT2D eigenvalue weighted by Crippen LogP contribution is -2.45. The lowest BCUT2D eigenvalue weighted by atomic mass is 9.65. The number of hydrogen-bond donors (Lipinski definition) is 2. The van der Waals surface area contributed by atoms with Gasteiger partial charge >= 0.3 is 5.97 Å². The monoisotopic (exact) mass is 281 g/mol. The minimum Gasteiger partial charge on any atom is -0.480 e. The van der Waals surface area contributed by atoms with E-state index in [0.29, 0.717) is 0 Å². The van der Waals surface area contributed by atoms with Crippen molar-refractivity contribution in [2.45, 2.75) is 11.8 Å². The van der Waals surface area contributed by atoms with Gasteiger partial charge in [0.2, 0.25) is 0 Å². The summed E-state index contributed by atoms with van der Waals surface area (Å²) in [5.41, 5.74) is 0.737. The number of benzene rings is 2. The number of aliphatic carboxylic acids is 1. The van der Waals surface area contributed by atoms with Crippen molar-refractivity contribution in [1.82, 2.24) is 5.32 Å². The highest BCUT2D eigenvalue weighted by molar-refractivity contribution is 5.86. The Labute approximate surface area is 124 Å². The molecule has 1 atom stereocenters. The maximum atomic E-state index is 12.4. The smallest absolute Gasteiger partial charge is 0.318 e. The minimum atomic E-state index is -0.980. The molecule has 108 valence electrons. The van der Waals surface area contributed by atoms with Crippen LogP contribution in [0.25, 0.3) is 0 Å². The Hall–Kier alpha value is -2.13. The van der Waals surface area contributed by atoms with Gasteiger partial charge in [-0.3, -0.25) is 4.79 Å². The summed E-state index contributed by atoms with van der Waals surface area (Å²) >= 11 is 0. The van der Waals surface area contributed by atoms with Crippen molar-refractivity contribution in [2.75, 3.05) is 13.1 Å². The molecule has 0 spiro atoms. The van der Waals surface area contributed by atoms with E-state index in [1.54, 1.807) is 0 Å². The number of carboxylic acids is 1. The van der Waals surface area contributed by atoms with Gasteiger partial charge in [0.1, 0.15) is 5.41 Å². The van der Waals surface area contributed by atoms with Crippen molar-refractivity contribution in [1.29, 1.82) is 0 Å². The van der Waals surface area contributed by atoms with Gasteiger partial charge in [0, 0.05) is 0 Å². The fourth-order valence-corrected chi connectivity index (χ4v) is 3.49. The van der Waals surface area contributed by atoms with Gasteiger partial charge in [-0.15, -0.1) is 0 Å². The molecule has 1 fully saturated rings. The molecule has 1 aliphatic rings. The maximum absolute atomic E-state index is 12.4. The second-order valence-corrected chi connectivity index (χ2v) is 5.53. The molecular weight excluding hydrogens is 262 g/mol. The van der Waals surface area contributed by atoms with Crippen LogP contribution in [0.4, 0.5) is 0 Å². The van der Waals surface area contributed by atoms with Crippen LogP contribution in [0.15, 0.2) is 60.7 Å². The lowest BCUT2D eigenvalue weighted by Gasteiger charge is -2.36. The summed E-state index contributed by atoms with van der Waals surface area (Å²) in [7, 11) is 0. The normalized spacial score (nSPS) is 18.6. The third kappa shape index (κ3) is 2.24. The van der Waals surface area contributed by atoms with Gasteiger partial charge in [-0.2, -0.15) is 0 Å². The van der Waals surface area contributed by atoms with Crippen molar-refractivity contribution in [3.05, 3.63) is 71.8 Å². The zero-order chi connectivity index (χ0) is 14.7. The number of rotatable bonds is 4. The highest BCUT2D eigenvalue weighted by atomic mass is 16.4. The van der Waals surface area contributed by atoms with E-state index >= 15 is 0 Å². The van der Waals surface area contributed by atoms with Crippen LogP contribution >= 0.6 is 0 Å². The van der Waals surface area contributed by atoms with Crippen molar-refractivity contribution in [3.63, 3.8) is 0 Å². The predicted molar refractivity (Wildman–Crippen MR) is 82.3 cm³/mol. The van der Waals surface area contributed by atoms with Gasteiger partial charge in [-0.25, -0.2) is 0 Å². The number of carbonyl (C=O) groups is 1. The molecule has 0 aliphatic carbocycles. The molecule has 1 aliphatic heterocycles. The van der Waals surface area contributed by atoms with Crippen LogP contribution < -0.4 is 5.32 Å². The van der Waals surface area contributed by atoms with Crippen LogP contribution in [0.2, 0.25) is 0 Å². The predicted octanol–water partition coefficient (Wildman–Crippen LogP) is 2.67. The average molecular weight is 281 g/mol. The Morgan fingerprint density at radius 1 is 1.00 bits per heavy atom. The van der Waals surface area contributed by atoms with Crippen LogP contribution in [0.5, 0.6) is 0 Å². The molecule has 3 nitrogen and oxygen atoms in total. The molecule has 1 unspecified atom stereocenters. The van der Waals surface area contributed by atoms with E-state index in [4.69, 9.17) is 0 Å². The summed E-state index contributed by atoms with van der Waals surface area (Å²) in [4.78, 5) is 12.4. The standard InChI is InChI=1S/C18H19NO2/c20-17(21)18(16-11-12-19-13-16,14-7-3-1-4-8-14)15-9-5-2-6-10-15/h1-10,16,19H,11-13H2,(H,20,21). The third-order valence-corrected chi connectivity index (χ3v) is 4.47. The summed E-state index contributed by atoms with van der Waals surface area (Å²) in [6, 6.07) is 19.2. The molecule has 2 aromatic carbocycles. The van der Waals surface area contributed by atoms with E-state index in [1.807, 2.05) is 60.7 Å². The van der Waals surface area contributed by atoms with Gasteiger partial charge < -0.3 is 10.4 Å². The molecule has 1 saturated heterocycles. The first-order valence-electron chi connectivity index (χ1n) is 7.31. The Morgan fingerprint density at radius 2 is 1.52 bits per heavy atom. The maximum Gasteiger partial charge on any atom is 0.318 e. The van der Waals surface area contributed by atoms with E-state index in [1.165, 1.54) is 0 Å². The number of nitrogens with one attached hydrogen (secondary N) is 1. The SMILES string of the molecule is O=C(O)C(c1ccccc1)(c1ccccc1)C1CCNC1. The lowest BCUT2D eigenvalue weighted by molar-refractivity contribution is -0.144. The molecule has 0 saturated carbocycles. The van der Waals surface area contributed by atoms with Crippen LogP contribution in [-0.2, 0) is 10.2 Å². The van der Waals surface area contributed by atoms with Gasteiger partial charge in [0.15, 0.2) is 0 Å². The topological polar surface area (TPSA) is 49.3 Å². The molecular formula is C18H19NO2. The second-order valence-electron chi connectivity index (χ2n) is 5.53. The molecule has 2 aromatic rings.